The Morgan fingerprint density at radius 3 is 2.50 bits per heavy atom. The van der Waals surface area contributed by atoms with E-state index in [9.17, 15) is 13.2 Å². The molecule has 0 radical (unpaired) electrons. The number of hydrogen-bond donors (Lipinski definition) is 1. The van der Waals surface area contributed by atoms with E-state index in [-0.39, 0.29) is 11.7 Å². The number of nitrogens with zero attached hydrogens (tertiary/aromatic N) is 1. The molecule has 0 saturated carbocycles. The fourth-order valence-electron chi connectivity index (χ4n) is 0.947. The number of halogens is 1. The number of ketones is 1. The predicted octanol–water partition coefficient (Wildman–Crippen LogP) is 0.355. The molecular weight excluding hydrogens is 228 g/mol. The van der Waals surface area contributed by atoms with Crippen molar-refractivity contribution >= 4 is 27.9 Å². The van der Waals surface area contributed by atoms with E-state index in [0.717, 1.165) is 6.42 Å². The Labute approximate surface area is 89.3 Å². The van der Waals surface area contributed by atoms with Crippen LogP contribution in [-0.2, 0) is 15.3 Å². The molecule has 0 heterocycles. The Bertz CT molecular complexity index is 294. The SMILES string of the molecule is NCCCC[C@H](N=S(=O)=O)C(=O)CCl. The van der Waals surface area contributed by atoms with Gasteiger partial charge in [0.1, 0.15) is 6.04 Å². The molecule has 0 aromatic rings. The van der Waals surface area contributed by atoms with Crippen molar-refractivity contribution in [3.63, 3.8) is 0 Å². The summed E-state index contributed by atoms with van der Waals surface area (Å²) in [6.07, 6.45) is 1.80. The highest BCUT2D eigenvalue weighted by atomic mass is 35.5. The van der Waals surface area contributed by atoms with Gasteiger partial charge in [0.15, 0.2) is 5.78 Å². The first-order valence-electron chi connectivity index (χ1n) is 4.20. The molecule has 0 aliphatic heterocycles. The Morgan fingerprint density at radius 2 is 2.07 bits per heavy atom. The fraction of sp³-hybridized carbons (Fsp3) is 0.857. The molecule has 0 unspecified atom stereocenters. The lowest BCUT2D eigenvalue weighted by Crippen LogP contribution is -2.20. The maximum absolute atomic E-state index is 11.1. The van der Waals surface area contributed by atoms with Crippen molar-refractivity contribution in [3.05, 3.63) is 0 Å². The molecule has 0 aliphatic carbocycles. The van der Waals surface area contributed by atoms with Crippen LogP contribution in [0.1, 0.15) is 19.3 Å². The Morgan fingerprint density at radius 1 is 1.43 bits per heavy atom. The van der Waals surface area contributed by atoms with E-state index in [1.165, 1.54) is 0 Å². The quantitative estimate of drug-likeness (QED) is 0.514. The highest BCUT2D eigenvalue weighted by molar-refractivity contribution is 7.61. The molecule has 82 valence electrons. The summed E-state index contributed by atoms with van der Waals surface area (Å²) < 4.78 is 23.8. The molecule has 0 bridgehead atoms. The van der Waals surface area contributed by atoms with Gasteiger partial charge in [0, 0.05) is 0 Å². The van der Waals surface area contributed by atoms with Crippen LogP contribution in [0.2, 0.25) is 0 Å². The van der Waals surface area contributed by atoms with Crippen molar-refractivity contribution in [1.82, 2.24) is 0 Å². The van der Waals surface area contributed by atoms with Crippen LogP contribution in [0.25, 0.3) is 0 Å². The van der Waals surface area contributed by atoms with Gasteiger partial charge in [0.25, 0.3) is 0 Å². The summed E-state index contributed by atoms with van der Waals surface area (Å²) >= 11 is 5.31. The maximum atomic E-state index is 11.1. The van der Waals surface area contributed by atoms with Crippen LogP contribution < -0.4 is 5.73 Å². The minimum atomic E-state index is -2.56. The van der Waals surface area contributed by atoms with Gasteiger partial charge in [-0.3, -0.25) is 4.79 Å². The number of rotatable bonds is 7. The zero-order chi connectivity index (χ0) is 11.0. The third kappa shape index (κ3) is 6.06. The van der Waals surface area contributed by atoms with Crippen LogP contribution in [0.3, 0.4) is 0 Å². The van der Waals surface area contributed by atoms with Gasteiger partial charge in [-0.05, 0) is 25.8 Å². The number of alkyl halides is 1. The highest BCUT2D eigenvalue weighted by Crippen LogP contribution is 2.06. The van der Waals surface area contributed by atoms with Gasteiger partial charge in [-0.1, -0.05) is 0 Å². The standard InChI is InChI=1S/C7H13ClN2O3S/c8-5-7(11)6(10-14(12)13)3-1-2-4-9/h6H,1-5,9H2/t6-/m0/s1. The zero-order valence-electron chi connectivity index (χ0n) is 7.65. The lowest BCUT2D eigenvalue weighted by atomic mass is 10.1. The monoisotopic (exact) mass is 240 g/mol. The summed E-state index contributed by atoms with van der Waals surface area (Å²) in [7, 11) is -2.56. The summed E-state index contributed by atoms with van der Waals surface area (Å²) in [5.74, 6) is -0.582. The molecular formula is C7H13ClN2O3S. The van der Waals surface area contributed by atoms with Crippen LogP contribution in [0, 0.1) is 0 Å². The molecule has 7 heteroatoms. The second kappa shape index (κ2) is 7.90. The van der Waals surface area contributed by atoms with Crippen LogP contribution in [-0.4, -0.2) is 32.7 Å². The maximum Gasteiger partial charge on any atom is 0.311 e. The van der Waals surface area contributed by atoms with Crippen LogP contribution in [0.15, 0.2) is 4.36 Å². The molecule has 0 saturated heterocycles. The molecule has 2 N–H and O–H groups in total. The van der Waals surface area contributed by atoms with E-state index in [0.29, 0.717) is 19.4 Å². The van der Waals surface area contributed by atoms with Crippen molar-refractivity contribution in [2.24, 2.45) is 10.1 Å². The molecule has 5 nitrogen and oxygen atoms in total. The minimum absolute atomic E-state index is 0.214. The summed E-state index contributed by atoms with van der Waals surface area (Å²) in [5.41, 5.74) is 5.26. The van der Waals surface area contributed by atoms with Crippen molar-refractivity contribution in [2.75, 3.05) is 12.4 Å². The van der Waals surface area contributed by atoms with Crippen molar-refractivity contribution < 1.29 is 13.2 Å². The van der Waals surface area contributed by atoms with Crippen molar-refractivity contribution in [2.45, 2.75) is 25.3 Å². The lowest BCUT2D eigenvalue weighted by Gasteiger charge is -2.05. The second-order valence-electron chi connectivity index (χ2n) is 2.72. The molecule has 0 aliphatic rings. The largest absolute Gasteiger partial charge is 0.330 e. The number of nitrogens with two attached hydrogens (primary N) is 1. The molecule has 1 atom stereocenters. The highest BCUT2D eigenvalue weighted by Gasteiger charge is 2.16. The third-order valence-electron chi connectivity index (χ3n) is 1.65. The van der Waals surface area contributed by atoms with Crippen molar-refractivity contribution in [3.8, 4) is 0 Å². The van der Waals surface area contributed by atoms with E-state index >= 15 is 0 Å². The third-order valence-corrected chi connectivity index (χ3v) is 2.34. The van der Waals surface area contributed by atoms with E-state index in [1.807, 2.05) is 0 Å². The summed E-state index contributed by atoms with van der Waals surface area (Å²) in [4.78, 5) is 11.1. The molecule has 0 aromatic carbocycles. The van der Waals surface area contributed by atoms with E-state index in [4.69, 9.17) is 17.3 Å². The van der Waals surface area contributed by atoms with Crippen LogP contribution >= 0.6 is 11.6 Å². The van der Waals surface area contributed by atoms with Crippen LogP contribution in [0.5, 0.6) is 0 Å². The summed E-state index contributed by atoms with van der Waals surface area (Å²) in [6.45, 7) is 0.516. The Balaban J connectivity index is 4.26. The summed E-state index contributed by atoms with van der Waals surface area (Å²) in [5, 5.41) is 0. The zero-order valence-corrected chi connectivity index (χ0v) is 9.22. The number of unbranched alkanes of at least 4 members (excludes halogenated alkanes) is 1. The molecule has 0 rings (SSSR count). The first kappa shape index (κ1) is 13.5. The molecule has 0 fully saturated rings. The second-order valence-corrected chi connectivity index (χ2v) is 3.64. The van der Waals surface area contributed by atoms with Crippen molar-refractivity contribution in [1.29, 1.82) is 0 Å². The first-order valence-corrected chi connectivity index (χ1v) is 5.77. The average molecular weight is 241 g/mol. The van der Waals surface area contributed by atoms with E-state index in [1.54, 1.807) is 0 Å². The van der Waals surface area contributed by atoms with Gasteiger partial charge in [-0.15, -0.1) is 11.6 Å². The number of hydrogen-bond acceptors (Lipinski definition) is 5. The minimum Gasteiger partial charge on any atom is -0.330 e. The average Bonchev–Trinajstić information content (AvgIpc) is 2.15. The van der Waals surface area contributed by atoms with Crippen LogP contribution in [0.4, 0.5) is 0 Å². The lowest BCUT2D eigenvalue weighted by molar-refractivity contribution is -0.117. The number of carbonyl (C=O) groups excluding carboxylic acids is 1. The molecule has 0 amide bonds. The predicted molar refractivity (Wildman–Crippen MR) is 53.8 cm³/mol. The molecule has 0 aromatic heterocycles. The van der Waals surface area contributed by atoms with Gasteiger partial charge < -0.3 is 5.73 Å². The van der Waals surface area contributed by atoms with Gasteiger partial charge in [0.2, 0.25) is 0 Å². The molecule has 0 spiro atoms. The Hall–Kier alpha value is -0.460. The normalized spacial score (nSPS) is 12.1. The van der Waals surface area contributed by atoms with Gasteiger partial charge >= 0.3 is 10.5 Å². The smallest absolute Gasteiger partial charge is 0.311 e. The van der Waals surface area contributed by atoms with Gasteiger partial charge in [0.05, 0.1) is 5.88 Å². The fourth-order valence-corrected chi connectivity index (χ4v) is 1.56. The van der Waals surface area contributed by atoms with E-state index in [2.05, 4.69) is 4.36 Å². The van der Waals surface area contributed by atoms with Gasteiger partial charge in [-0.25, -0.2) is 0 Å². The van der Waals surface area contributed by atoms with Gasteiger partial charge in [-0.2, -0.15) is 12.8 Å². The number of carbonyl (C=O) groups is 1. The first-order chi connectivity index (χ1) is 6.61. The topological polar surface area (TPSA) is 89.6 Å². The number of Topliss-reactive ketones (excluding diaryl/α,β-unsaturated/α-hetero) is 1. The Kier molecular flexibility index (Phi) is 7.64. The van der Waals surface area contributed by atoms with E-state index < -0.39 is 16.5 Å². The summed E-state index contributed by atoms with van der Waals surface area (Å²) in [6, 6.07) is -0.836. The molecule has 14 heavy (non-hydrogen) atoms.